The van der Waals surface area contributed by atoms with Gasteiger partial charge in [0.15, 0.2) is 0 Å². The molecule has 2 aromatic carbocycles. The van der Waals surface area contributed by atoms with Crippen LogP contribution in [0.3, 0.4) is 0 Å². The number of benzene rings is 2. The van der Waals surface area contributed by atoms with Crippen LogP contribution < -0.4 is 5.32 Å². The first-order chi connectivity index (χ1) is 9.10. The predicted molar refractivity (Wildman–Crippen MR) is 75.6 cm³/mol. The number of anilines is 1. The highest BCUT2D eigenvalue weighted by Gasteiger charge is 2.08. The van der Waals surface area contributed by atoms with Crippen molar-refractivity contribution in [3.63, 3.8) is 0 Å². The van der Waals surface area contributed by atoms with E-state index >= 15 is 0 Å². The molecule has 0 radical (unpaired) electrons. The van der Waals surface area contributed by atoms with Crippen LogP contribution in [-0.2, 0) is 0 Å². The summed E-state index contributed by atoms with van der Waals surface area (Å²) in [5.74, 6) is -0.328. The van der Waals surface area contributed by atoms with Crippen molar-refractivity contribution in [1.29, 1.82) is 0 Å². The smallest absolute Gasteiger partial charge is 0.255 e. The fourth-order valence-electron chi connectivity index (χ4n) is 1.50. The van der Waals surface area contributed by atoms with Gasteiger partial charge in [0.1, 0.15) is 12.0 Å². The Labute approximate surface area is 118 Å². The summed E-state index contributed by atoms with van der Waals surface area (Å²) in [5.41, 5.74) is 1.47. The molecular formula is C14H10BrNO3. The van der Waals surface area contributed by atoms with Crippen molar-refractivity contribution in [2.75, 3.05) is 5.32 Å². The summed E-state index contributed by atoms with van der Waals surface area (Å²) in [6.45, 7) is 0. The highest BCUT2D eigenvalue weighted by atomic mass is 79.9. The summed E-state index contributed by atoms with van der Waals surface area (Å²) >= 11 is 3.15. The van der Waals surface area contributed by atoms with E-state index in [1.807, 2.05) is 0 Å². The Morgan fingerprint density at radius 2 is 1.84 bits per heavy atom. The maximum Gasteiger partial charge on any atom is 0.255 e. The van der Waals surface area contributed by atoms with E-state index in [0.29, 0.717) is 21.3 Å². The number of phenolic OH excluding ortho intramolecular Hbond substituents is 1. The van der Waals surface area contributed by atoms with E-state index < -0.39 is 0 Å². The Kier molecular flexibility index (Phi) is 3.97. The van der Waals surface area contributed by atoms with Crippen LogP contribution in [0.4, 0.5) is 5.69 Å². The molecular weight excluding hydrogens is 310 g/mol. The molecule has 0 aliphatic carbocycles. The molecule has 0 bridgehead atoms. The molecule has 96 valence electrons. The molecule has 0 aliphatic rings. The van der Waals surface area contributed by atoms with Gasteiger partial charge in [0.05, 0.1) is 4.47 Å². The summed E-state index contributed by atoms with van der Waals surface area (Å²) < 4.78 is 0.527. The number of aromatic hydroxyl groups is 1. The number of nitrogens with one attached hydrogen (secondary N) is 1. The van der Waals surface area contributed by atoms with Crippen molar-refractivity contribution >= 4 is 33.8 Å². The fourth-order valence-corrected chi connectivity index (χ4v) is 1.75. The number of hydrogen-bond acceptors (Lipinski definition) is 3. The molecule has 5 heteroatoms. The lowest BCUT2D eigenvalue weighted by Crippen LogP contribution is -2.11. The van der Waals surface area contributed by atoms with Gasteiger partial charge in [-0.25, -0.2) is 0 Å². The van der Waals surface area contributed by atoms with Crippen molar-refractivity contribution in [3.05, 3.63) is 58.1 Å². The SMILES string of the molecule is O=Cc1ccc(NC(=O)c2ccc(Br)c(O)c2)cc1. The van der Waals surface area contributed by atoms with E-state index in [4.69, 9.17) is 0 Å². The van der Waals surface area contributed by atoms with Gasteiger partial charge in [-0.2, -0.15) is 0 Å². The second kappa shape index (κ2) is 5.67. The first-order valence-corrected chi connectivity index (χ1v) is 6.24. The van der Waals surface area contributed by atoms with Crippen molar-refractivity contribution in [2.24, 2.45) is 0 Å². The van der Waals surface area contributed by atoms with Crippen LogP contribution in [0.15, 0.2) is 46.9 Å². The van der Waals surface area contributed by atoms with Gasteiger partial charge in [-0.3, -0.25) is 9.59 Å². The van der Waals surface area contributed by atoms with Crippen LogP contribution >= 0.6 is 15.9 Å². The molecule has 0 saturated heterocycles. The molecule has 2 N–H and O–H groups in total. The van der Waals surface area contributed by atoms with Crippen LogP contribution in [0.25, 0.3) is 0 Å². The largest absolute Gasteiger partial charge is 0.507 e. The second-order valence-electron chi connectivity index (χ2n) is 3.86. The van der Waals surface area contributed by atoms with Crippen LogP contribution in [0.1, 0.15) is 20.7 Å². The number of carbonyl (C=O) groups is 2. The Morgan fingerprint density at radius 1 is 1.16 bits per heavy atom. The third kappa shape index (κ3) is 3.20. The van der Waals surface area contributed by atoms with Gasteiger partial charge in [-0.1, -0.05) is 0 Å². The van der Waals surface area contributed by atoms with Crippen molar-refractivity contribution in [3.8, 4) is 5.75 Å². The first-order valence-electron chi connectivity index (χ1n) is 5.45. The Balaban J connectivity index is 2.15. The first kappa shape index (κ1) is 13.3. The standard InChI is InChI=1S/C14H10BrNO3/c15-12-6-3-10(7-13(12)18)14(19)16-11-4-1-9(8-17)2-5-11/h1-8,18H,(H,16,19). The minimum Gasteiger partial charge on any atom is -0.507 e. The Bertz CT molecular complexity index is 623. The number of phenols is 1. The van der Waals surface area contributed by atoms with Gasteiger partial charge < -0.3 is 10.4 Å². The van der Waals surface area contributed by atoms with E-state index in [1.165, 1.54) is 6.07 Å². The molecule has 0 atom stereocenters. The molecule has 19 heavy (non-hydrogen) atoms. The number of halogens is 1. The summed E-state index contributed by atoms with van der Waals surface area (Å²) in [6.07, 6.45) is 0.734. The number of amides is 1. The van der Waals surface area contributed by atoms with Gasteiger partial charge in [-0.15, -0.1) is 0 Å². The number of aldehydes is 1. The highest BCUT2D eigenvalue weighted by Crippen LogP contribution is 2.24. The van der Waals surface area contributed by atoms with Crippen LogP contribution in [-0.4, -0.2) is 17.3 Å². The molecule has 0 fully saturated rings. The van der Waals surface area contributed by atoms with Crippen molar-refractivity contribution in [1.82, 2.24) is 0 Å². The lowest BCUT2D eigenvalue weighted by atomic mass is 10.2. The molecule has 0 aromatic heterocycles. The fraction of sp³-hybridized carbons (Fsp3) is 0. The molecule has 0 unspecified atom stereocenters. The minimum absolute atomic E-state index is 0.00366. The summed E-state index contributed by atoms with van der Waals surface area (Å²) in [7, 11) is 0. The molecule has 0 spiro atoms. The van der Waals surface area contributed by atoms with Crippen LogP contribution in [0.2, 0.25) is 0 Å². The highest BCUT2D eigenvalue weighted by molar-refractivity contribution is 9.10. The molecule has 2 rings (SSSR count). The summed E-state index contributed by atoms with van der Waals surface area (Å²) in [5, 5.41) is 12.2. The van der Waals surface area contributed by atoms with Crippen LogP contribution in [0.5, 0.6) is 5.75 Å². The monoisotopic (exact) mass is 319 g/mol. The Hall–Kier alpha value is -2.14. The predicted octanol–water partition coefficient (Wildman–Crippen LogP) is 3.22. The minimum atomic E-state index is -0.332. The molecule has 4 nitrogen and oxygen atoms in total. The zero-order valence-electron chi connectivity index (χ0n) is 9.76. The van der Waals surface area contributed by atoms with Gasteiger partial charge in [0.2, 0.25) is 0 Å². The molecule has 0 aliphatic heterocycles. The lowest BCUT2D eigenvalue weighted by Gasteiger charge is -2.06. The molecule has 0 heterocycles. The van der Waals surface area contributed by atoms with Gasteiger partial charge in [0.25, 0.3) is 5.91 Å². The normalized spacial score (nSPS) is 9.95. The quantitative estimate of drug-likeness (QED) is 0.854. The average molecular weight is 320 g/mol. The number of carbonyl (C=O) groups excluding carboxylic acids is 2. The van der Waals surface area contributed by atoms with Crippen molar-refractivity contribution < 1.29 is 14.7 Å². The van der Waals surface area contributed by atoms with Gasteiger partial charge >= 0.3 is 0 Å². The third-order valence-corrected chi connectivity index (χ3v) is 3.18. The molecule has 0 saturated carbocycles. The van der Waals surface area contributed by atoms with E-state index in [0.717, 1.165) is 6.29 Å². The number of rotatable bonds is 3. The van der Waals surface area contributed by atoms with E-state index in [-0.39, 0.29) is 11.7 Å². The molecule has 1 amide bonds. The third-order valence-electron chi connectivity index (χ3n) is 2.51. The summed E-state index contributed by atoms with van der Waals surface area (Å²) in [4.78, 5) is 22.4. The van der Waals surface area contributed by atoms with E-state index in [9.17, 15) is 14.7 Å². The maximum absolute atomic E-state index is 11.9. The lowest BCUT2D eigenvalue weighted by molar-refractivity contribution is 0.102. The molecule has 2 aromatic rings. The number of hydrogen-bond donors (Lipinski definition) is 2. The second-order valence-corrected chi connectivity index (χ2v) is 4.71. The maximum atomic E-state index is 11.9. The van der Waals surface area contributed by atoms with Gasteiger partial charge in [0, 0.05) is 16.8 Å². The average Bonchev–Trinajstić information content (AvgIpc) is 2.42. The van der Waals surface area contributed by atoms with E-state index in [2.05, 4.69) is 21.2 Å². The Morgan fingerprint density at radius 3 is 2.42 bits per heavy atom. The topological polar surface area (TPSA) is 66.4 Å². The van der Waals surface area contributed by atoms with Gasteiger partial charge in [-0.05, 0) is 58.4 Å². The zero-order valence-corrected chi connectivity index (χ0v) is 11.3. The van der Waals surface area contributed by atoms with E-state index in [1.54, 1.807) is 36.4 Å². The summed E-state index contributed by atoms with van der Waals surface area (Å²) in [6, 6.07) is 11.1. The zero-order chi connectivity index (χ0) is 13.8. The van der Waals surface area contributed by atoms with Crippen molar-refractivity contribution in [2.45, 2.75) is 0 Å². The van der Waals surface area contributed by atoms with Crippen LogP contribution in [0, 0.1) is 0 Å².